The zero-order valence-corrected chi connectivity index (χ0v) is 44.9. The summed E-state index contributed by atoms with van der Waals surface area (Å²) in [6, 6.07) is 27.2. The van der Waals surface area contributed by atoms with Crippen LogP contribution in [0, 0.1) is 39.2 Å². The first kappa shape index (κ1) is 56.3. The monoisotopic (exact) mass is 1030 g/mol. The first-order valence-corrected chi connectivity index (χ1v) is 26.6. The van der Waals surface area contributed by atoms with Crippen LogP contribution in [0.25, 0.3) is 0 Å². The first-order valence-electron chi connectivity index (χ1n) is 26.6. The Morgan fingerprint density at radius 2 is 1.53 bits per heavy atom. The highest BCUT2D eigenvalue weighted by molar-refractivity contribution is 6.00. The topological polar surface area (TPSA) is 187 Å². The molecule has 8 rings (SSSR count). The lowest BCUT2D eigenvalue weighted by atomic mass is 9.65. The predicted molar refractivity (Wildman–Crippen MR) is 286 cm³/mol. The highest BCUT2D eigenvalue weighted by Gasteiger charge is 2.44. The van der Waals surface area contributed by atoms with Crippen LogP contribution in [0.1, 0.15) is 116 Å². The van der Waals surface area contributed by atoms with Gasteiger partial charge in [0.15, 0.2) is 0 Å². The van der Waals surface area contributed by atoms with Crippen LogP contribution in [-0.4, -0.2) is 108 Å². The second kappa shape index (κ2) is 25.4. The molecule has 1 unspecified atom stereocenters. The van der Waals surface area contributed by atoms with Crippen molar-refractivity contribution in [1.82, 2.24) is 15.1 Å². The van der Waals surface area contributed by atoms with Crippen LogP contribution in [-0.2, 0) is 38.1 Å². The number of esters is 4. The number of aliphatic hydroxyl groups is 1. The maximum Gasteiger partial charge on any atom is 0.336 e. The fraction of sp³-hybridized carbons (Fsp3) is 0.500. The number of benzene rings is 3. The molecule has 3 aliphatic heterocycles. The van der Waals surface area contributed by atoms with Crippen LogP contribution in [0.15, 0.2) is 131 Å². The molecule has 5 aliphatic rings. The number of carbonyl (C=O) groups excluding carboxylic acids is 4. The molecule has 8 atom stereocenters. The van der Waals surface area contributed by atoms with Gasteiger partial charge in [0.1, 0.15) is 18.8 Å². The van der Waals surface area contributed by atoms with Gasteiger partial charge in [0.2, 0.25) is 0 Å². The molecule has 15 heteroatoms. The van der Waals surface area contributed by atoms with Gasteiger partial charge >= 0.3 is 23.9 Å². The summed E-state index contributed by atoms with van der Waals surface area (Å²) >= 11 is 0. The normalized spacial score (nSPS) is 25.2. The number of hydrogen-bond donors (Lipinski definition) is 2. The van der Waals surface area contributed by atoms with E-state index in [-0.39, 0.29) is 66.0 Å². The molecule has 0 aromatic heterocycles. The van der Waals surface area contributed by atoms with Gasteiger partial charge in [-0.25, -0.2) is 9.59 Å². The lowest BCUT2D eigenvalue weighted by Crippen LogP contribution is -2.48. The largest absolute Gasteiger partial charge is 0.466 e. The van der Waals surface area contributed by atoms with E-state index < -0.39 is 34.3 Å². The molecule has 402 valence electrons. The number of nitrogens with zero attached hydrogens (tertiary/aromatic N) is 3. The molecule has 3 aromatic carbocycles. The quantitative estimate of drug-likeness (QED) is 0.0598. The van der Waals surface area contributed by atoms with Crippen molar-refractivity contribution in [3.05, 3.63) is 158 Å². The van der Waals surface area contributed by atoms with E-state index in [1.807, 2.05) is 32.9 Å². The zero-order valence-electron chi connectivity index (χ0n) is 44.9. The second-order valence-electron chi connectivity index (χ2n) is 21.5. The van der Waals surface area contributed by atoms with Crippen LogP contribution in [0.4, 0.5) is 5.69 Å². The number of fused-ring (bicyclic) bond motifs is 1. The third-order valence-electron chi connectivity index (χ3n) is 15.8. The van der Waals surface area contributed by atoms with Crippen molar-refractivity contribution in [3.8, 4) is 0 Å². The number of cyclic esters (lactones) is 1. The van der Waals surface area contributed by atoms with Gasteiger partial charge in [-0.2, -0.15) is 0 Å². The number of dihydropyridines is 1. The lowest BCUT2D eigenvalue weighted by Gasteiger charge is -2.44. The number of nitro benzene ring substituents is 1. The number of piperazine rings is 1. The Morgan fingerprint density at radius 1 is 0.893 bits per heavy atom. The van der Waals surface area contributed by atoms with Gasteiger partial charge in [0.05, 0.1) is 53.1 Å². The number of allylic oxidation sites excluding steroid dienone is 5. The van der Waals surface area contributed by atoms with Crippen molar-refractivity contribution < 1.29 is 48.2 Å². The van der Waals surface area contributed by atoms with Gasteiger partial charge in [0, 0.05) is 68.6 Å². The lowest BCUT2D eigenvalue weighted by molar-refractivity contribution is -0.384. The minimum Gasteiger partial charge on any atom is -0.466 e. The third kappa shape index (κ3) is 13.9. The number of rotatable bonds is 16. The fourth-order valence-electron chi connectivity index (χ4n) is 11.4. The number of non-ortho nitro benzene ring substituents is 1. The van der Waals surface area contributed by atoms with E-state index in [1.165, 1.54) is 42.0 Å². The van der Waals surface area contributed by atoms with Gasteiger partial charge in [-0.15, -0.1) is 0 Å². The number of nitrogens with one attached hydrogen (secondary N) is 1. The Kier molecular flexibility index (Phi) is 19.1. The van der Waals surface area contributed by atoms with Crippen molar-refractivity contribution in [2.75, 3.05) is 46.4 Å². The SMILES string of the molecule is CCC(C)(C)C(=O)O[C@H]1C[C@@H](C)C=C2C=C[C@H](C)[C@H](CC[C@@H]3C[C@@H](O)CC(=O)O3)[C@H]21.COC(=O)C1=C(C)NC(C)=C(C(=O)OCCN2CCN(C(c3ccccc3)c3ccccc3)CC2)C1c1cccc([N+](=O)[O-])c1. The molecule has 15 nitrogen and oxygen atoms in total. The Balaban J connectivity index is 0.000000237. The molecular weight excluding hydrogens is 953 g/mol. The minimum absolute atomic E-state index is 0.0949. The number of nitro groups is 1. The van der Waals surface area contributed by atoms with Crippen LogP contribution in [0.5, 0.6) is 0 Å². The standard InChI is InChI=1S/C35H38N4O6.C25H38O5/c1-24-30(34(40)44-3)32(28-15-10-16-29(23-28)39(42)43)31(25(2)36-24)35(41)45-22-21-37-17-19-38(20-18-37)33(26-11-6-4-7-12-26)27-13-8-5-9-14-27;1-6-25(4,5)24(28)30-21-12-15(2)11-17-8-7-16(3)20(23(17)21)10-9-19-13-18(26)14-22(27)29-19/h4-16,23,32-33,36H,17-22H2,1-3H3;7-8,11,15-16,18-21,23,26H,6,9-10,12-14H2,1-5H3/t;15-,16-,18+,19+,20-,21-,23-/m.0/s1. The number of ether oxygens (including phenoxy) is 4. The predicted octanol–water partition coefficient (Wildman–Crippen LogP) is 9.54. The first-order chi connectivity index (χ1) is 35.9. The van der Waals surface area contributed by atoms with Crippen LogP contribution in [0.3, 0.4) is 0 Å². The molecule has 0 bridgehead atoms. The van der Waals surface area contributed by atoms with E-state index in [1.54, 1.807) is 19.9 Å². The van der Waals surface area contributed by atoms with E-state index in [9.17, 15) is 34.4 Å². The van der Waals surface area contributed by atoms with Gasteiger partial charge < -0.3 is 29.4 Å². The zero-order chi connectivity index (χ0) is 54.0. The van der Waals surface area contributed by atoms with E-state index >= 15 is 0 Å². The van der Waals surface area contributed by atoms with E-state index in [0.717, 1.165) is 51.9 Å². The molecule has 0 saturated carbocycles. The van der Waals surface area contributed by atoms with Crippen LogP contribution >= 0.6 is 0 Å². The summed E-state index contributed by atoms with van der Waals surface area (Å²) in [5, 5.41) is 24.5. The molecule has 2 aliphatic carbocycles. The number of aliphatic hydroxyl groups excluding tert-OH is 1. The van der Waals surface area contributed by atoms with Crippen molar-refractivity contribution in [1.29, 1.82) is 0 Å². The molecule has 2 N–H and O–H groups in total. The summed E-state index contributed by atoms with van der Waals surface area (Å²) in [5.74, 6) is -1.32. The van der Waals surface area contributed by atoms with E-state index in [2.05, 4.69) is 95.7 Å². The summed E-state index contributed by atoms with van der Waals surface area (Å²) in [7, 11) is 1.26. The maximum atomic E-state index is 13.6. The smallest absolute Gasteiger partial charge is 0.336 e. The molecule has 0 radical (unpaired) electrons. The molecular formula is C60H76N4O11. The summed E-state index contributed by atoms with van der Waals surface area (Å²) in [6.07, 6.45) is 9.61. The molecule has 3 aromatic rings. The van der Waals surface area contributed by atoms with Crippen LogP contribution in [0.2, 0.25) is 0 Å². The molecule has 0 spiro atoms. The maximum absolute atomic E-state index is 13.6. The van der Waals surface area contributed by atoms with Crippen LogP contribution < -0.4 is 5.32 Å². The van der Waals surface area contributed by atoms with E-state index in [4.69, 9.17) is 18.9 Å². The average Bonchev–Trinajstić information content (AvgIpc) is 3.39. The Labute approximate surface area is 442 Å². The summed E-state index contributed by atoms with van der Waals surface area (Å²) in [4.78, 5) is 66.9. The van der Waals surface area contributed by atoms with Crippen molar-refractivity contribution >= 4 is 29.6 Å². The van der Waals surface area contributed by atoms with Crippen molar-refractivity contribution in [2.24, 2.45) is 29.1 Å². The highest BCUT2D eigenvalue weighted by Crippen LogP contribution is 2.46. The molecule has 0 amide bonds. The van der Waals surface area contributed by atoms with Gasteiger partial charge in [-0.05, 0) is 93.4 Å². The Morgan fingerprint density at radius 3 is 2.13 bits per heavy atom. The average molecular weight is 1030 g/mol. The van der Waals surface area contributed by atoms with Gasteiger partial charge in [0.25, 0.3) is 5.69 Å². The summed E-state index contributed by atoms with van der Waals surface area (Å²) in [6.45, 7) is 17.8. The number of methoxy groups -OCH3 is 1. The molecule has 2 saturated heterocycles. The van der Waals surface area contributed by atoms with Gasteiger partial charge in [-0.1, -0.05) is 112 Å². The Hall–Kier alpha value is -6.42. The van der Waals surface area contributed by atoms with E-state index in [0.29, 0.717) is 47.7 Å². The number of hydrogen-bond acceptors (Lipinski definition) is 14. The number of carbonyl (C=O) groups is 4. The second-order valence-corrected chi connectivity index (χ2v) is 21.5. The molecule has 2 fully saturated rings. The summed E-state index contributed by atoms with van der Waals surface area (Å²) in [5.41, 5.74) is 5.04. The highest BCUT2D eigenvalue weighted by atomic mass is 16.6. The Bertz CT molecular complexity index is 2600. The van der Waals surface area contributed by atoms with Crippen molar-refractivity contribution in [2.45, 2.75) is 117 Å². The van der Waals surface area contributed by atoms with Crippen molar-refractivity contribution in [3.63, 3.8) is 0 Å². The minimum atomic E-state index is -0.887. The summed E-state index contributed by atoms with van der Waals surface area (Å²) < 4.78 is 22.5. The third-order valence-corrected chi connectivity index (χ3v) is 15.8. The molecule has 3 heterocycles. The van der Waals surface area contributed by atoms with Gasteiger partial charge in [-0.3, -0.25) is 29.5 Å². The fourth-order valence-corrected chi connectivity index (χ4v) is 11.4. The molecule has 75 heavy (non-hydrogen) atoms.